The highest BCUT2D eigenvalue weighted by molar-refractivity contribution is 7.94. The van der Waals surface area contributed by atoms with Crippen molar-refractivity contribution in [1.29, 1.82) is 0 Å². The topological polar surface area (TPSA) is 98.1 Å². The van der Waals surface area contributed by atoms with E-state index in [1.54, 1.807) is 0 Å². The van der Waals surface area contributed by atoms with Gasteiger partial charge in [-0.3, -0.25) is 8.61 Å². The minimum absolute atomic E-state index is 0.0341. The molecule has 0 radical (unpaired) electrons. The van der Waals surface area contributed by atoms with Crippen molar-refractivity contribution < 1.29 is 41.0 Å². The van der Waals surface area contributed by atoms with Crippen LogP contribution < -0.4 is 8.61 Å². The molecule has 2 atom stereocenters. The Morgan fingerprint density at radius 2 is 1.53 bits per heavy atom. The number of anilines is 2. The zero-order valence-electron chi connectivity index (χ0n) is 20.1. The molecule has 38 heavy (non-hydrogen) atoms. The molecule has 2 N–H and O–H groups in total. The summed E-state index contributed by atoms with van der Waals surface area (Å²) in [5.41, 5.74) is -3.99. The van der Waals surface area contributed by atoms with Crippen LogP contribution in [0, 0.1) is 5.82 Å². The van der Waals surface area contributed by atoms with E-state index in [1.165, 1.54) is 44.4 Å². The highest BCUT2D eigenvalue weighted by Gasteiger charge is 2.59. The first-order chi connectivity index (χ1) is 17.5. The van der Waals surface area contributed by atoms with Gasteiger partial charge in [0.1, 0.15) is 5.82 Å². The van der Waals surface area contributed by atoms with Crippen molar-refractivity contribution >= 4 is 39.2 Å². The Morgan fingerprint density at radius 1 is 0.947 bits per heavy atom. The lowest BCUT2D eigenvalue weighted by Crippen LogP contribution is -2.46. The number of hydrogen-bond donors (Lipinski definition) is 2. The second kappa shape index (κ2) is 9.14. The minimum atomic E-state index is -5.19. The zero-order chi connectivity index (χ0) is 28.4. The third kappa shape index (κ3) is 4.16. The van der Waals surface area contributed by atoms with Crippen LogP contribution in [0.4, 0.5) is 28.9 Å². The molecule has 13 heteroatoms. The molecule has 0 bridgehead atoms. The van der Waals surface area contributed by atoms with Crippen molar-refractivity contribution in [2.24, 2.45) is 0 Å². The van der Waals surface area contributed by atoms with Gasteiger partial charge in [-0.25, -0.2) is 9.18 Å². The molecule has 2 unspecified atom stereocenters. The molecule has 1 aliphatic rings. The first kappa shape index (κ1) is 27.7. The molecule has 1 heterocycles. The molecule has 202 valence electrons. The second-order valence-electron chi connectivity index (χ2n) is 8.87. The maximum atomic E-state index is 14.5. The quantitative estimate of drug-likeness (QED) is 0.392. The predicted molar refractivity (Wildman–Crippen MR) is 134 cm³/mol. The number of fused-ring (bicyclic) bond motifs is 1. The van der Waals surface area contributed by atoms with Crippen LogP contribution in [0.2, 0.25) is 5.02 Å². The van der Waals surface area contributed by atoms with Gasteiger partial charge in [0.25, 0.3) is 0 Å². The van der Waals surface area contributed by atoms with Crippen LogP contribution in [-0.4, -0.2) is 44.9 Å². The van der Waals surface area contributed by atoms with E-state index in [9.17, 15) is 35.9 Å². The van der Waals surface area contributed by atoms with Crippen LogP contribution in [0.1, 0.15) is 34.3 Å². The predicted octanol–water partition coefficient (Wildman–Crippen LogP) is 5.53. The van der Waals surface area contributed by atoms with E-state index in [2.05, 4.69) is 0 Å². The van der Waals surface area contributed by atoms with Gasteiger partial charge in [-0.2, -0.15) is 21.6 Å². The van der Waals surface area contributed by atoms with Gasteiger partial charge in [-0.15, -0.1) is 0 Å². The molecule has 7 nitrogen and oxygen atoms in total. The van der Waals surface area contributed by atoms with E-state index in [-0.39, 0.29) is 27.5 Å². The van der Waals surface area contributed by atoms with Gasteiger partial charge in [0.2, 0.25) is 0 Å². The third-order valence-electron chi connectivity index (χ3n) is 6.84. The number of carbonyl (C=O) groups is 1. The molecule has 0 saturated carbocycles. The molecule has 1 aliphatic heterocycles. The highest BCUT2D eigenvalue weighted by atomic mass is 35.5. The van der Waals surface area contributed by atoms with Gasteiger partial charge >= 0.3 is 22.4 Å². The molecule has 0 aliphatic carbocycles. The summed E-state index contributed by atoms with van der Waals surface area (Å²) in [5.74, 6) is -4.11. The molecule has 3 aromatic rings. The van der Waals surface area contributed by atoms with Crippen LogP contribution in [-0.2, 0) is 15.8 Å². The van der Waals surface area contributed by atoms with E-state index in [0.717, 1.165) is 39.8 Å². The Balaban J connectivity index is 1.78. The van der Waals surface area contributed by atoms with Gasteiger partial charge in [-0.05, 0) is 52.6 Å². The van der Waals surface area contributed by atoms with Crippen LogP contribution in [0.25, 0.3) is 11.1 Å². The second-order valence-corrected chi connectivity index (χ2v) is 11.3. The van der Waals surface area contributed by atoms with Crippen molar-refractivity contribution in [3.63, 3.8) is 0 Å². The lowest BCUT2D eigenvalue weighted by molar-refractivity contribution is -0.274. The number of carboxylic acids is 1. The summed E-state index contributed by atoms with van der Waals surface area (Å²) in [4.78, 5) is 11.1. The largest absolute Gasteiger partial charge is 0.478 e. The molecule has 0 aromatic heterocycles. The standard InChI is InChI=1S/C25H21ClF4N2O5S/c1-13(17-7-4-14(10-19(17)26)15-5-8-18(23(33)34)20(27)11-15)24(35,25(28,29)30)16-6-9-21-22(12-16)32(3)38(36,37)31(21)2/h4-13,35H,1-3H3,(H,33,34). The first-order valence-corrected chi connectivity index (χ1v) is 12.8. The molecule has 3 aromatic carbocycles. The van der Waals surface area contributed by atoms with Crippen molar-refractivity contribution in [3.05, 3.63) is 82.1 Å². The van der Waals surface area contributed by atoms with Crippen molar-refractivity contribution in [1.82, 2.24) is 0 Å². The fourth-order valence-corrected chi connectivity index (χ4v) is 6.03. The number of benzene rings is 3. The maximum Gasteiger partial charge on any atom is 0.422 e. The number of nitrogens with zero attached hydrogens (tertiary/aromatic N) is 2. The summed E-state index contributed by atoms with van der Waals surface area (Å²) in [5, 5.41) is 20.1. The van der Waals surface area contributed by atoms with E-state index < -0.39 is 50.8 Å². The summed E-state index contributed by atoms with van der Waals surface area (Å²) in [6.45, 7) is 1.13. The molecule has 4 rings (SSSR count). The van der Waals surface area contributed by atoms with Gasteiger partial charge < -0.3 is 10.2 Å². The monoisotopic (exact) mass is 572 g/mol. The third-order valence-corrected chi connectivity index (χ3v) is 8.95. The minimum Gasteiger partial charge on any atom is -0.478 e. The summed E-state index contributed by atoms with van der Waals surface area (Å²) in [6.07, 6.45) is -5.19. The summed E-state index contributed by atoms with van der Waals surface area (Å²) < 4.78 is 84.3. The van der Waals surface area contributed by atoms with Crippen LogP contribution >= 0.6 is 11.6 Å². The summed E-state index contributed by atoms with van der Waals surface area (Å²) in [6, 6.07) is 10.5. The highest BCUT2D eigenvalue weighted by Crippen LogP contribution is 2.52. The Morgan fingerprint density at radius 3 is 2.08 bits per heavy atom. The van der Waals surface area contributed by atoms with Gasteiger partial charge in [0.05, 0.1) is 16.9 Å². The summed E-state index contributed by atoms with van der Waals surface area (Å²) >= 11 is 6.35. The molecule has 0 fully saturated rings. The molecule has 0 spiro atoms. The number of alkyl halides is 3. The lowest BCUT2D eigenvalue weighted by Gasteiger charge is -2.37. The van der Waals surface area contributed by atoms with Crippen molar-refractivity contribution in [3.8, 4) is 11.1 Å². The molecular formula is C25H21ClF4N2O5S. The number of carboxylic acid groups (broad SMARTS) is 1. The van der Waals surface area contributed by atoms with Crippen LogP contribution in [0.15, 0.2) is 54.6 Å². The van der Waals surface area contributed by atoms with Gasteiger partial charge in [-0.1, -0.05) is 42.8 Å². The summed E-state index contributed by atoms with van der Waals surface area (Å²) in [7, 11) is -1.50. The van der Waals surface area contributed by atoms with Gasteiger partial charge in [0, 0.05) is 25.0 Å². The van der Waals surface area contributed by atoms with Gasteiger partial charge in [0.15, 0.2) is 5.60 Å². The fraction of sp³-hybridized carbons (Fsp3) is 0.240. The molecule has 0 amide bonds. The van der Waals surface area contributed by atoms with E-state index >= 15 is 0 Å². The number of hydrogen-bond acceptors (Lipinski definition) is 4. The first-order valence-electron chi connectivity index (χ1n) is 11.0. The average molecular weight is 573 g/mol. The van der Waals surface area contributed by atoms with Crippen molar-refractivity contribution in [2.45, 2.75) is 24.6 Å². The zero-order valence-corrected chi connectivity index (χ0v) is 21.7. The normalized spacial score (nSPS) is 17.2. The number of aliphatic hydroxyl groups is 1. The SMILES string of the molecule is CC(c1ccc(-c2ccc(C(=O)O)c(F)c2)cc1Cl)C(O)(c1ccc2c(c1)N(C)S(=O)(=O)N2C)C(F)(F)F. The van der Waals surface area contributed by atoms with E-state index in [0.29, 0.717) is 5.56 Å². The Labute approximate surface area is 220 Å². The Kier molecular flexibility index (Phi) is 6.66. The van der Waals surface area contributed by atoms with E-state index in [1.807, 2.05) is 0 Å². The lowest BCUT2D eigenvalue weighted by atomic mass is 9.77. The molecular weight excluding hydrogens is 552 g/mol. The Bertz CT molecular complexity index is 1560. The smallest absolute Gasteiger partial charge is 0.422 e. The Hall–Kier alpha value is -3.35. The van der Waals surface area contributed by atoms with Crippen LogP contribution in [0.3, 0.4) is 0 Å². The van der Waals surface area contributed by atoms with Crippen LogP contribution in [0.5, 0.6) is 0 Å². The van der Waals surface area contributed by atoms with E-state index in [4.69, 9.17) is 16.7 Å². The maximum absolute atomic E-state index is 14.5. The number of rotatable bonds is 5. The van der Waals surface area contributed by atoms with Crippen molar-refractivity contribution in [2.75, 3.05) is 22.7 Å². The number of aromatic carboxylic acids is 1. The molecule has 0 saturated heterocycles. The average Bonchev–Trinajstić information content (AvgIpc) is 3.01. The fourth-order valence-electron chi connectivity index (χ4n) is 4.52. The number of halogens is 5.